The molecule has 14 nitrogen and oxygen atoms in total. The zero-order valence-electron chi connectivity index (χ0n) is 21.6. The van der Waals surface area contributed by atoms with Crippen LogP contribution in [0.15, 0.2) is 72.8 Å². The van der Waals surface area contributed by atoms with Crippen molar-refractivity contribution >= 4 is 88.2 Å². The predicted molar refractivity (Wildman–Crippen MR) is 143 cm³/mol. The van der Waals surface area contributed by atoms with Crippen molar-refractivity contribution in [3.8, 4) is 22.6 Å². The minimum absolute atomic E-state index is 0. The van der Waals surface area contributed by atoms with Gasteiger partial charge < -0.3 is 61.3 Å². The summed E-state index contributed by atoms with van der Waals surface area (Å²) in [5.41, 5.74) is 1.000. The van der Waals surface area contributed by atoms with Gasteiger partial charge in [0.2, 0.25) is 0 Å². The van der Waals surface area contributed by atoms with Gasteiger partial charge in [-0.2, -0.15) is 7.11 Å². The normalized spacial score (nSPS) is 20.3. The van der Waals surface area contributed by atoms with E-state index in [1.165, 1.54) is 0 Å². The molecule has 0 aromatic heterocycles. The number of rotatable bonds is 1. The maximum atomic E-state index is 12.5. The van der Waals surface area contributed by atoms with E-state index in [1.807, 2.05) is 48.5 Å². The Hall–Kier alpha value is -1.25. The molecule has 43 heavy (non-hydrogen) atoms. The molecule has 0 spiro atoms. The van der Waals surface area contributed by atoms with Crippen LogP contribution in [0.25, 0.3) is 32.7 Å². The van der Waals surface area contributed by atoms with Gasteiger partial charge in [-0.1, -0.05) is 72.8 Å². The van der Waals surface area contributed by atoms with Crippen molar-refractivity contribution in [3.05, 3.63) is 72.8 Å². The fraction of sp³-hybridized carbons (Fsp3) is 0.0476. The number of benzene rings is 4. The van der Waals surface area contributed by atoms with Gasteiger partial charge in [0.25, 0.3) is 9.53 Å². The molecule has 4 fully saturated rings. The summed E-state index contributed by atoms with van der Waals surface area (Å²) < 4.78 is 53.0. The smallest absolute Gasteiger partial charge is 0.872 e. The van der Waals surface area contributed by atoms with Gasteiger partial charge in [0.15, 0.2) is 0 Å². The fourth-order valence-corrected chi connectivity index (χ4v) is 19.8. The van der Waals surface area contributed by atoms with Crippen LogP contribution in [0.4, 0.5) is 0 Å². The molecular formula is C21H15O14Si7Ti. The molecule has 4 aliphatic rings. The first-order valence-electron chi connectivity index (χ1n) is 11.8. The van der Waals surface area contributed by atoms with Gasteiger partial charge in [0.05, 0.1) is 0 Å². The van der Waals surface area contributed by atoms with Gasteiger partial charge in [-0.15, -0.1) is 11.5 Å². The predicted octanol–water partition coefficient (Wildman–Crippen LogP) is -1.76. The maximum absolute atomic E-state index is 12.5. The molecule has 7 radical (unpaired) electrons. The number of hydrogen-bond donors (Lipinski definition) is 0. The topological polar surface area (TPSA) is 185 Å². The Morgan fingerprint density at radius 1 is 0.442 bits per heavy atom. The Labute approximate surface area is 272 Å². The first kappa shape index (κ1) is 33.1. The van der Waals surface area contributed by atoms with Crippen molar-refractivity contribution in [1.82, 2.24) is 0 Å². The number of fused-ring (bicyclic) bond motifs is 6. The molecule has 8 rings (SSSR count). The van der Waals surface area contributed by atoms with Crippen LogP contribution in [0.3, 0.4) is 0 Å². The summed E-state index contributed by atoms with van der Waals surface area (Å²) in [6.07, 6.45) is 0. The summed E-state index contributed by atoms with van der Waals surface area (Å²) >= 11 is 0. The fourth-order valence-electron chi connectivity index (χ4n) is 4.10. The molecule has 6 bridgehead atoms. The Bertz CT molecular complexity index is 1450. The third kappa shape index (κ3) is 7.43. The van der Waals surface area contributed by atoms with E-state index >= 15 is 0 Å². The van der Waals surface area contributed by atoms with E-state index < -0.39 is 66.7 Å². The minimum Gasteiger partial charge on any atom is -0.872 e. The second kappa shape index (κ2) is 14.9. The van der Waals surface area contributed by atoms with Gasteiger partial charge in [-0.3, -0.25) is 0 Å². The standard InChI is InChI=1S/C20H14O2.CH3O.O11Si7.Ti/c21-17-11-9-13-5-1-3-7-15(13)19(17)20-16-8-4-2-6-14(16)10-12-18(20)22;1-2;1-12-2-13-4-15-5-14(3-12)7-17-9-16(6-13)10-18(8-15)11-17;/h1-12,21-22H;1H3;;/q;2*-1;+4/p-2. The molecule has 215 valence electrons. The summed E-state index contributed by atoms with van der Waals surface area (Å²) in [4.78, 5) is 11.5. The first-order chi connectivity index (χ1) is 20.5. The second-order valence-corrected chi connectivity index (χ2v) is 19.8. The monoisotopic (exact) mass is 735 g/mol. The zero-order valence-corrected chi connectivity index (χ0v) is 30.2. The van der Waals surface area contributed by atoms with Crippen LogP contribution in [-0.2, 0) is 62.9 Å². The van der Waals surface area contributed by atoms with Gasteiger partial charge in [0, 0.05) is 0 Å². The van der Waals surface area contributed by atoms with Crippen molar-refractivity contribution in [2.24, 2.45) is 0 Å². The van der Waals surface area contributed by atoms with Crippen LogP contribution >= 0.6 is 0 Å². The molecule has 0 saturated carbocycles. The third-order valence-corrected chi connectivity index (χ3v) is 19.0. The van der Waals surface area contributed by atoms with Crippen molar-refractivity contribution in [2.45, 2.75) is 0 Å². The van der Waals surface area contributed by atoms with E-state index in [0.29, 0.717) is 11.1 Å². The van der Waals surface area contributed by atoms with Crippen LogP contribution in [-0.4, -0.2) is 73.8 Å². The summed E-state index contributed by atoms with van der Waals surface area (Å²) in [5, 5.41) is 36.8. The molecular weight excluding hydrogens is 721 g/mol. The van der Waals surface area contributed by atoms with Crippen LogP contribution in [0.2, 0.25) is 0 Å². The minimum atomic E-state index is -2.81. The van der Waals surface area contributed by atoms with Crippen molar-refractivity contribution in [2.75, 3.05) is 7.11 Å². The van der Waals surface area contributed by atoms with Gasteiger partial charge in [-0.05, 0) is 32.7 Å². The van der Waals surface area contributed by atoms with E-state index in [9.17, 15) is 15.0 Å². The molecule has 22 heteroatoms. The van der Waals surface area contributed by atoms with Crippen molar-refractivity contribution in [3.63, 3.8) is 0 Å². The molecule has 0 N–H and O–H groups in total. The van der Waals surface area contributed by atoms with E-state index in [0.717, 1.165) is 28.7 Å². The van der Waals surface area contributed by atoms with E-state index in [1.54, 1.807) is 24.3 Å². The first-order valence-corrected chi connectivity index (χ1v) is 20.4. The average molecular weight is 736 g/mol. The molecule has 4 aromatic carbocycles. The summed E-state index contributed by atoms with van der Waals surface area (Å²) in [7, 11) is -15.2. The van der Waals surface area contributed by atoms with Gasteiger partial charge >= 0.3 is 78.9 Å². The zero-order chi connectivity index (χ0) is 29.2. The summed E-state index contributed by atoms with van der Waals surface area (Å²) in [5.74, 6) is -0.237. The molecule has 0 aliphatic carbocycles. The Morgan fingerprint density at radius 2 is 0.744 bits per heavy atom. The average Bonchev–Trinajstić information content (AvgIpc) is 2.97. The maximum Gasteiger partial charge on any atom is 4.00 e. The van der Waals surface area contributed by atoms with Crippen LogP contribution in [0.5, 0.6) is 11.5 Å². The Morgan fingerprint density at radius 3 is 1.09 bits per heavy atom. The van der Waals surface area contributed by atoms with E-state index in [2.05, 4.69) is 0 Å². The van der Waals surface area contributed by atoms with Crippen molar-refractivity contribution < 1.29 is 83.0 Å². The Balaban J connectivity index is 0.000000161. The molecule has 0 unspecified atom stereocenters. The third-order valence-electron chi connectivity index (χ3n) is 5.70. The summed E-state index contributed by atoms with van der Waals surface area (Å²) in [6, 6.07) is 22.0. The van der Waals surface area contributed by atoms with E-state index in [-0.39, 0.29) is 33.2 Å². The number of hydrogen-bond acceptors (Lipinski definition) is 14. The van der Waals surface area contributed by atoms with Gasteiger partial charge in [-0.25, -0.2) is 0 Å². The SMILES string of the molecule is C[O-].[O-][Si]1O[Si]2O[Si]3O[Si](O1)O[Si]1O[Si](O2)O[Si](O3)O1.[O-]c1ccc2ccccc2c1-c1c([O-])ccc2ccccc12.[Ti+4]. The van der Waals surface area contributed by atoms with Crippen molar-refractivity contribution in [1.29, 1.82) is 0 Å². The largest absolute Gasteiger partial charge is 4.00 e. The Kier molecular flexibility index (Phi) is 11.5. The molecule has 4 aromatic rings. The second-order valence-electron chi connectivity index (χ2n) is 8.09. The molecule has 4 aliphatic heterocycles. The van der Waals surface area contributed by atoms with Crippen LogP contribution in [0, 0.1) is 0 Å². The molecule has 4 heterocycles. The van der Waals surface area contributed by atoms with Gasteiger partial charge in [0.1, 0.15) is 0 Å². The molecule has 4 saturated heterocycles. The van der Waals surface area contributed by atoms with Crippen LogP contribution < -0.4 is 20.1 Å². The summed E-state index contributed by atoms with van der Waals surface area (Å²) in [6.45, 7) is 0. The van der Waals surface area contributed by atoms with Crippen LogP contribution in [0.1, 0.15) is 0 Å². The molecule has 0 amide bonds. The quantitative estimate of drug-likeness (QED) is 0.200. The van der Waals surface area contributed by atoms with E-state index in [4.69, 9.17) is 46.3 Å². The molecule has 0 atom stereocenters.